The number of hydrogen-bond donors (Lipinski definition) is 0. The quantitative estimate of drug-likeness (QED) is 0.654. The van der Waals surface area contributed by atoms with Crippen molar-refractivity contribution in [1.82, 2.24) is 19.6 Å². The fourth-order valence-electron chi connectivity index (χ4n) is 2.78. The standard InChI is InChI=1S/C18H20N4O2/c1-4-22-13(2)16(10-19-22)17-7-8-21(20-17)11-15-9-14(12-23)5-6-18(15)24-3/h5-10,12H,4,11H2,1-3H3. The van der Waals surface area contributed by atoms with E-state index in [0.717, 1.165) is 41.1 Å². The van der Waals surface area contributed by atoms with Gasteiger partial charge in [0.1, 0.15) is 12.0 Å². The van der Waals surface area contributed by atoms with Crippen molar-refractivity contribution in [3.05, 3.63) is 53.5 Å². The zero-order valence-corrected chi connectivity index (χ0v) is 14.1. The lowest BCUT2D eigenvalue weighted by molar-refractivity contribution is 0.112. The molecule has 0 aliphatic carbocycles. The van der Waals surface area contributed by atoms with Crippen LogP contribution in [0, 0.1) is 6.92 Å². The lowest BCUT2D eigenvalue weighted by atomic mass is 10.1. The molecule has 2 heterocycles. The summed E-state index contributed by atoms with van der Waals surface area (Å²) in [5.74, 6) is 0.743. The van der Waals surface area contributed by atoms with Crippen LogP contribution in [0.5, 0.6) is 5.75 Å². The lowest BCUT2D eigenvalue weighted by Gasteiger charge is -2.09. The number of aldehydes is 1. The molecule has 1 aromatic carbocycles. The van der Waals surface area contributed by atoms with Crippen LogP contribution in [-0.2, 0) is 13.1 Å². The number of nitrogens with zero attached hydrogens (tertiary/aromatic N) is 4. The molecule has 0 aliphatic rings. The maximum absolute atomic E-state index is 11.0. The van der Waals surface area contributed by atoms with Crippen molar-refractivity contribution in [2.75, 3.05) is 7.11 Å². The molecule has 0 saturated carbocycles. The molecular formula is C18H20N4O2. The second kappa shape index (κ2) is 6.70. The predicted octanol–water partition coefficient (Wildman–Crippen LogP) is 2.94. The summed E-state index contributed by atoms with van der Waals surface area (Å²) >= 11 is 0. The fourth-order valence-corrected chi connectivity index (χ4v) is 2.78. The number of ether oxygens (including phenoxy) is 1. The Bertz CT molecular complexity index is 864. The summed E-state index contributed by atoms with van der Waals surface area (Å²) < 4.78 is 9.16. The number of rotatable bonds is 6. The molecule has 0 aliphatic heterocycles. The van der Waals surface area contributed by atoms with Crippen LogP contribution in [0.25, 0.3) is 11.3 Å². The number of aromatic nitrogens is 4. The monoisotopic (exact) mass is 324 g/mol. The Morgan fingerprint density at radius 3 is 2.79 bits per heavy atom. The Hall–Kier alpha value is -2.89. The highest BCUT2D eigenvalue weighted by Gasteiger charge is 2.12. The molecule has 0 fully saturated rings. The number of aryl methyl sites for hydroxylation is 1. The largest absolute Gasteiger partial charge is 0.496 e. The van der Waals surface area contributed by atoms with E-state index in [1.54, 1.807) is 19.2 Å². The van der Waals surface area contributed by atoms with E-state index in [4.69, 9.17) is 4.74 Å². The smallest absolute Gasteiger partial charge is 0.150 e. The highest BCUT2D eigenvalue weighted by atomic mass is 16.5. The van der Waals surface area contributed by atoms with Crippen molar-refractivity contribution in [3.63, 3.8) is 0 Å². The van der Waals surface area contributed by atoms with Gasteiger partial charge in [0.25, 0.3) is 0 Å². The van der Waals surface area contributed by atoms with Gasteiger partial charge >= 0.3 is 0 Å². The van der Waals surface area contributed by atoms with Crippen molar-refractivity contribution in [2.45, 2.75) is 26.9 Å². The van der Waals surface area contributed by atoms with Gasteiger partial charge in [-0.25, -0.2) is 0 Å². The van der Waals surface area contributed by atoms with E-state index in [0.29, 0.717) is 12.1 Å². The first-order valence-electron chi connectivity index (χ1n) is 7.84. The molecule has 0 N–H and O–H groups in total. The second-order valence-electron chi connectivity index (χ2n) is 5.55. The summed E-state index contributed by atoms with van der Waals surface area (Å²) in [5.41, 5.74) is 4.56. The molecule has 0 unspecified atom stereocenters. The molecule has 6 nitrogen and oxygen atoms in total. The molecule has 0 radical (unpaired) electrons. The molecule has 124 valence electrons. The molecule has 0 saturated heterocycles. The Balaban J connectivity index is 1.89. The molecule has 0 atom stereocenters. The van der Waals surface area contributed by atoms with E-state index in [9.17, 15) is 4.79 Å². The number of methoxy groups -OCH3 is 1. The number of carbonyl (C=O) groups excluding carboxylic acids is 1. The third kappa shape index (κ3) is 2.95. The Morgan fingerprint density at radius 1 is 1.29 bits per heavy atom. The molecule has 24 heavy (non-hydrogen) atoms. The third-order valence-corrected chi connectivity index (χ3v) is 4.09. The topological polar surface area (TPSA) is 61.9 Å². The summed E-state index contributed by atoms with van der Waals surface area (Å²) in [6.07, 6.45) is 4.60. The van der Waals surface area contributed by atoms with Gasteiger partial charge in [0.15, 0.2) is 0 Å². The highest BCUT2D eigenvalue weighted by Crippen LogP contribution is 2.23. The summed E-state index contributed by atoms with van der Waals surface area (Å²) in [4.78, 5) is 11.0. The van der Waals surface area contributed by atoms with Crippen LogP contribution >= 0.6 is 0 Å². The average Bonchev–Trinajstić information content (AvgIpc) is 3.20. The first kappa shape index (κ1) is 16.0. The van der Waals surface area contributed by atoms with E-state index >= 15 is 0 Å². The van der Waals surface area contributed by atoms with Crippen LogP contribution in [0.4, 0.5) is 0 Å². The number of hydrogen-bond acceptors (Lipinski definition) is 4. The van der Waals surface area contributed by atoms with E-state index in [-0.39, 0.29) is 0 Å². The van der Waals surface area contributed by atoms with Crippen molar-refractivity contribution < 1.29 is 9.53 Å². The average molecular weight is 324 g/mol. The maximum atomic E-state index is 11.0. The van der Waals surface area contributed by atoms with E-state index < -0.39 is 0 Å². The van der Waals surface area contributed by atoms with Gasteiger partial charge in [-0.2, -0.15) is 10.2 Å². The van der Waals surface area contributed by atoms with E-state index in [1.807, 2.05) is 40.8 Å². The zero-order valence-electron chi connectivity index (χ0n) is 14.1. The predicted molar refractivity (Wildman–Crippen MR) is 91.3 cm³/mol. The van der Waals surface area contributed by atoms with Gasteiger partial charge in [-0.3, -0.25) is 14.2 Å². The van der Waals surface area contributed by atoms with Gasteiger partial charge in [0.2, 0.25) is 0 Å². The Kier molecular flexibility index (Phi) is 4.46. The SMILES string of the molecule is CCn1ncc(-c2ccn(Cc3cc(C=O)ccc3OC)n2)c1C. The summed E-state index contributed by atoms with van der Waals surface area (Å²) in [6.45, 7) is 5.48. The first-order valence-corrected chi connectivity index (χ1v) is 7.84. The van der Waals surface area contributed by atoms with Crippen LogP contribution < -0.4 is 4.74 Å². The minimum absolute atomic E-state index is 0.534. The van der Waals surface area contributed by atoms with Gasteiger partial charge in [-0.1, -0.05) is 0 Å². The normalized spacial score (nSPS) is 10.8. The Morgan fingerprint density at radius 2 is 2.12 bits per heavy atom. The second-order valence-corrected chi connectivity index (χ2v) is 5.55. The van der Waals surface area contributed by atoms with Gasteiger partial charge in [-0.05, 0) is 38.1 Å². The molecule has 0 bridgehead atoms. The maximum Gasteiger partial charge on any atom is 0.150 e. The highest BCUT2D eigenvalue weighted by molar-refractivity contribution is 5.75. The van der Waals surface area contributed by atoms with Crippen molar-refractivity contribution in [3.8, 4) is 17.0 Å². The molecular weight excluding hydrogens is 304 g/mol. The van der Waals surface area contributed by atoms with Gasteiger partial charge in [0.05, 0.1) is 25.5 Å². The first-order chi connectivity index (χ1) is 11.7. The number of benzene rings is 1. The van der Waals surface area contributed by atoms with Crippen molar-refractivity contribution >= 4 is 6.29 Å². The van der Waals surface area contributed by atoms with Gasteiger partial charge < -0.3 is 4.74 Å². The summed E-state index contributed by atoms with van der Waals surface area (Å²) in [7, 11) is 1.62. The van der Waals surface area contributed by atoms with Crippen LogP contribution in [-0.4, -0.2) is 33.0 Å². The Labute approximate surface area is 140 Å². The van der Waals surface area contributed by atoms with Crippen LogP contribution in [0.1, 0.15) is 28.5 Å². The summed E-state index contributed by atoms with van der Waals surface area (Å²) in [5, 5.41) is 9.00. The van der Waals surface area contributed by atoms with Crippen LogP contribution in [0.15, 0.2) is 36.7 Å². The van der Waals surface area contributed by atoms with Crippen molar-refractivity contribution in [1.29, 1.82) is 0 Å². The molecule has 2 aromatic heterocycles. The van der Waals surface area contributed by atoms with E-state index in [2.05, 4.69) is 17.1 Å². The summed E-state index contributed by atoms with van der Waals surface area (Å²) in [6, 6.07) is 7.35. The van der Waals surface area contributed by atoms with Crippen molar-refractivity contribution in [2.24, 2.45) is 0 Å². The lowest BCUT2D eigenvalue weighted by Crippen LogP contribution is -2.03. The minimum atomic E-state index is 0.534. The molecule has 6 heteroatoms. The van der Waals surface area contributed by atoms with Crippen LogP contribution in [0.2, 0.25) is 0 Å². The fraction of sp³-hybridized carbons (Fsp3) is 0.278. The minimum Gasteiger partial charge on any atom is -0.496 e. The van der Waals surface area contributed by atoms with E-state index in [1.165, 1.54) is 0 Å². The molecule has 3 rings (SSSR count). The van der Waals surface area contributed by atoms with Gasteiger partial charge in [-0.15, -0.1) is 0 Å². The number of carbonyl (C=O) groups is 1. The molecule has 0 spiro atoms. The third-order valence-electron chi connectivity index (χ3n) is 4.09. The van der Waals surface area contributed by atoms with Gasteiger partial charge in [0, 0.05) is 35.1 Å². The zero-order chi connectivity index (χ0) is 17.1. The molecule has 3 aromatic rings. The van der Waals surface area contributed by atoms with Crippen LogP contribution in [0.3, 0.4) is 0 Å². The molecule has 0 amide bonds.